The summed E-state index contributed by atoms with van der Waals surface area (Å²) in [6.45, 7) is 21.9. The van der Waals surface area contributed by atoms with E-state index in [0.717, 1.165) is 47.9 Å². The third kappa shape index (κ3) is 5.37. The zero-order valence-electron chi connectivity index (χ0n) is 26.4. The van der Waals surface area contributed by atoms with Crippen molar-refractivity contribution in [3.8, 4) is 17.2 Å². The SMILES string of the molecule is Cc1cc(O)c(C(C)(C)C)cc1C1(c2cc(C(C)(C)C)c(O)cc2C)CCC(C(C)(C)c2ccc(O)cc2)CC1. The van der Waals surface area contributed by atoms with Gasteiger partial charge in [-0.25, -0.2) is 0 Å². The molecule has 0 amide bonds. The highest BCUT2D eigenvalue weighted by molar-refractivity contribution is 5.56. The summed E-state index contributed by atoms with van der Waals surface area (Å²) in [5.74, 6) is 1.52. The molecule has 0 bridgehead atoms. The topological polar surface area (TPSA) is 60.7 Å². The summed E-state index contributed by atoms with van der Waals surface area (Å²) in [5, 5.41) is 31.8. The van der Waals surface area contributed by atoms with E-state index < -0.39 is 0 Å². The quantitative estimate of drug-likeness (QED) is 0.308. The Hall–Kier alpha value is -2.94. The van der Waals surface area contributed by atoms with E-state index in [1.807, 2.05) is 12.1 Å². The Morgan fingerprint density at radius 3 is 1.40 bits per heavy atom. The zero-order chi connectivity index (χ0) is 29.8. The Kier molecular flexibility index (Phi) is 7.63. The predicted octanol–water partition coefficient (Wildman–Crippen LogP) is 9.47. The highest BCUT2D eigenvalue weighted by Crippen LogP contribution is 2.54. The van der Waals surface area contributed by atoms with E-state index in [0.29, 0.717) is 23.2 Å². The molecule has 1 fully saturated rings. The molecule has 1 aliphatic rings. The Bertz CT molecular complexity index is 1300. The molecule has 0 saturated heterocycles. The maximum absolute atomic E-state index is 11.0. The van der Waals surface area contributed by atoms with Crippen molar-refractivity contribution in [2.24, 2.45) is 5.92 Å². The first-order chi connectivity index (χ1) is 18.4. The molecule has 0 unspecified atom stereocenters. The highest BCUT2D eigenvalue weighted by Gasteiger charge is 2.45. The molecule has 0 aliphatic heterocycles. The van der Waals surface area contributed by atoms with Gasteiger partial charge >= 0.3 is 0 Å². The molecule has 0 atom stereocenters. The molecule has 0 radical (unpaired) electrons. The molecular formula is C37H50O3. The second kappa shape index (κ2) is 10.2. The van der Waals surface area contributed by atoms with Crippen LogP contribution in [0.5, 0.6) is 17.2 Å². The van der Waals surface area contributed by atoms with Crippen molar-refractivity contribution in [2.75, 3.05) is 0 Å². The fourth-order valence-electron chi connectivity index (χ4n) is 7.26. The van der Waals surface area contributed by atoms with Crippen LogP contribution in [0.15, 0.2) is 48.5 Å². The molecule has 0 heterocycles. The molecule has 0 aromatic heterocycles. The minimum absolute atomic E-state index is 0.0268. The van der Waals surface area contributed by atoms with Gasteiger partial charge in [0.1, 0.15) is 17.2 Å². The summed E-state index contributed by atoms with van der Waals surface area (Å²) in [5.41, 5.74) is 7.41. The van der Waals surface area contributed by atoms with E-state index in [1.54, 1.807) is 12.1 Å². The maximum Gasteiger partial charge on any atom is 0.119 e. The minimum Gasteiger partial charge on any atom is -0.508 e. The second-order valence-electron chi connectivity index (χ2n) is 15.0. The molecule has 1 saturated carbocycles. The van der Waals surface area contributed by atoms with Crippen LogP contribution in [0.1, 0.15) is 120 Å². The van der Waals surface area contributed by atoms with Gasteiger partial charge < -0.3 is 15.3 Å². The van der Waals surface area contributed by atoms with Crippen molar-refractivity contribution in [1.82, 2.24) is 0 Å². The Labute approximate surface area is 242 Å². The lowest BCUT2D eigenvalue weighted by atomic mass is 9.56. The van der Waals surface area contributed by atoms with Crippen LogP contribution in [0, 0.1) is 19.8 Å². The smallest absolute Gasteiger partial charge is 0.119 e. The van der Waals surface area contributed by atoms with Crippen LogP contribution < -0.4 is 0 Å². The largest absolute Gasteiger partial charge is 0.508 e. The van der Waals surface area contributed by atoms with Crippen molar-refractivity contribution in [3.05, 3.63) is 87.5 Å². The number of aryl methyl sites for hydroxylation is 2. The first-order valence-corrected chi connectivity index (χ1v) is 14.9. The summed E-state index contributed by atoms with van der Waals surface area (Å²) in [4.78, 5) is 0. The number of hydrogen-bond donors (Lipinski definition) is 3. The van der Waals surface area contributed by atoms with Crippen LogP contribution in [0.25, 0.3) is 0 Å². The van der Waals surface area contributed by atoms with Gasteiger partial charge in [0.25, 0.3) is 0 Å². The maximum atomic E-state index is 11.0. The summed E-state index contributed by atoms with van der Waals surface area (Å²) in [6, 6.07) is 16.2. The number of phenolic OH excluding ortho intramolecular Hbond substituents is 3. The van der Waals surface area contributed by atoms with Gasteiger partial charge in [-0.05, 0) is 125 Å². The van der Waals surface area contributed by atoms with Crippen molar-refractivity contribution in [2.45, 2.75) is 117 Å². The summed E-state index contributed by atoms with van der Waals surface area (Å²) >= 11 is 0. The van der Waals surface area contributed by atoms with Crippen LogP contribution >= 0.6 is 0 Å². The minimum atomic E-state index is -0.225. The third-order valence-corrected chi connectivity index (χ3v) is 9.80. The number of hydrogen-bond acceptors (Lipinski definition) is 3. The van der Waals surface area contributed by atoms with Crippen molar-refractivity contribution in [1.29, 1.82) is 0 Å². The van der Waals surface area contributed by atoms with Crippen molar-refractivity contribution in [3.63, 3.8) is 0 Å². The Morgan fingerprint density at radius 1 is 0.625 bits per heavy atom. The molecule has 216 valence electrons. The van der Waals surface area contributed by atoms with Crippen LogP contribution in [-0.2, 0) is 21.7 Å². The lowest BCUT2D eigenvalue weighted by Crippen LogP contribution is -2.40. The second-order valence-corrected chi connectivity index (χ2v) is 15.0. The molecule has 3 nitrogen and oxygen atoms in total. The molecule has 0 spiro atoms. The van der Waals surface area contributed by atoms with Crippen LogP contribution in [0.2, 0.25) is 0 Å². The molecule has 3 N–H and O–H groups in total. The van der Waals surface area contributed by atoms with Crippen LogP contribution in [0.4, 0.5) is 0 Å². The fraction of sp³-hybridized carbons (Fsp3) is 0.514. The molecule has 3 aromatic carbocycles. The van der Waals surface area contributed by atoms with Crippen LogP contribution in [-0.4, -0.2) is 15.3 Å². The molecule has 3 aromatic rings. The van der Waals surface area contributed by atoms with E-state index in [2.05, 4.69) is 93.5 Å². The van der Waals surface area contributed by atoms with Gasteiger partial charge in [-0.1, -0.05) is 79.7 Å². The van der Waals surface area contributed by atoms with Gasteiger partial charge in [0.15, 0.2) is 0 Å². The van der Waals surface area contributed by atoms with Gasteiger partial charge in [-0.15, -0.1) is 0 Å². The van der Waals surface area contributed by atoms with Crippen LogP contribution in [0.3, 0.4) is 0 Å². The summed E-state index contributed by atoms with van der Waals surface area (Å²) in [7, 11) is 0. The van der Waals surface area contributed by atoms with Gasteiger partial charge in [-0.3, -0.25) is 0 Å². The number of aromatic hydroxyl groups is 3. The predicted molar refractivity (Wildman–Crippen MR) is 167 cm³/mol. The summed E-state index contributed by atoms with van der Waals surface area (Å²) < 4.78 is 0. The fourth-order valence-corrected chi connectivity index (χ4v) is 7.26. The molecule has 1 aliphatic carbocycles. The molecular weight excluding hydrogens is 492 g/mol. The average Bonchev–Trinajstić information content (AvgIpc) is 2.82. The number of phenols is 3. The first kappa shape index (κ1) is 30.0. The average molecular weight is 543 g/mol. The zero-order valence-corrected chi connectivity index (χ0v) is 26.4. The van der Waals surface area contributed by atoms with E-state index in [4.69, 9.17) is 0 Å². The van der Waals surface area contributed by atoms with Crippen molar-refractivity contribution < 1.29 is 15.3 Å². The highest BCUT2D eigenvalue weighted by atomic mass is 16.3. The third-order valence-electron chi connectivity index (χ3n) is 9.80. The lowest BCUT2D eigenvalue weighted by Gasteiger charge is -2.47. The van der Waals surface area contributed by atoms with E-state index >= 15 is 0 Å². The van der Waals surface area contributed by atoms with Crippen molar-refractivity contribution >= 4 is 0 Å². The van der Waals surface area contributed by atoms with Gasteiger partial charge in [0.05, 0.1) is 0 Å². The number of benzene rings is 3. The molecule has 3 heteroatoms. The summed E-state index contributed by atoms with van der Waals surface area (Å²) in [6.07, 6.45) is 4.10. The molecule has 40 heavy (non-hydrogen) atoms. The van der Waals surface area contributed by atoms with E-state index in [9.17, 15) is 15.3 Å². The normalized spacial score (nSPS) is 16.8. The first-order valence-electron chi connectivity index (χ1n) is 14.9. The van der Waals surface area contributed by atoms with E-state index in [1.165, 1.54) is 16.7 Å². The lowest BCUT2D eigenvalue weighted by molar-refractivity contribution is 0.188. The standard InChI is InChI=1S/C37H50O3/c1-23-19-32(39)30(34(3,4)5)21-28(23)37(29-22-31(35(6,7)8)33(40)20-24(29)2)17-15-26(16-18-37)36(9,10)25-11-13-27(38)14-12-25/h11-14,19-22,26,38-40H,15-18H2,1-10H3. The van der Waals surface area contributed by atoms with E-state index in [-0.39, 0.29) is 21.7 Å². The molecule has 4 rings (SSSR count). The van der Waals surface area contributed by atoms with Gasteiger partial charge in [-0.2, -0.15) is 0 Å². The Morgan fingerprint density at radius 2 is 1.02 bits per heavy atom. The number of rotatable bonds is 4. The van der Waals surface area contributed by atoms with Gasteiger partial charge in [0.2, 0.25) is 0 Å². The van der Waals surface area contributed by atoms with Gasteiger partial charge in [0, 0.05) is 5.41 Å². The Balaban J connectivity index is 1.90. The monoisotopic (exact) mass is 542 g/mol.